The first kappa shape index (κ1) is 13.4. The van der Waals surface area contributed by atoms with E-state index >= 15 is 0 Å². The number of aldehydes is 1. The van der Waals surface area contributed by atoms with Crippen LogP contribution in [-0.4, -0.2) is 19.7 Å². The molecule has 3 nitrogen and oxygen atoms in total. The Morgan fingerprint density at radius 3 is 2.79 bits per heavy atom. The molecule has 0 fully saturated rings. The Morgan fingerprint density at radius 2 is 2.21 bits per heavy atom. The average Bonchev–Trinajstić information content (AvgIpc) is 2.16. The fourth-order valence-electron chi connectivity index (χ4n) is 0.857. The summed E-state index contributed by atoms with van der Waals surface area (Å²) in [5.41, 5.74) is 0.641. The Bertz CT molecular complexity index is 342. The number of nitrogens with zero attached hydrogens (tertiary/aromatic N) is 2. The second-order valence-corrected chi connectivity index (χ2v) is 2.32. The van der Waals surface area contributed by atoms with Gasteiger partial charge in [-0.3, -0.25) is 4.79 Å². The number of benzene rings is 1. The van der Waals surface area contributed by atoms with Crippen molar-refractivity contribution >= 4 is 18.3 Å². The average molecular weight is 268 g/mol. The molecule has 1 radical (unpaired) electrons. The molecule has 0 amide bonds. The van der Waals surface area contributed by atoms with Crippen molar-refractivity contribution in [3.8, 4) is 0 Å². The molecule has 0 aliphatic rings. The standard InChI is InChI=1S/C9H9FN2O.Y/c1-11-6-12-9-3-2-8(10)4-7(9)5-13;/h2-6H,1H3,(H,11,12,13);/p-1. The monoisotopic (exact) mass is 268 g/mol. The predicted octanol–water partition coefficient (Wildman–Crippen LogP) is 2.30. The summed E-state index contributed by atoms with van der Waals surface area (Å²) in [5.74, 6) is -0.450. The van der Waals surface area contributed by atoms with E-state index in [0.29, 0.717) is 12.0 Å². The maximum Gasteiger partial charge on any atom is 0.150 e. The van der Waals surface area contributed by atoms with Crippen molar-refractivity contribution in [1.82, 2.24) is 0 Å². The van der Waals surface area contributed by atoms with Crippen molar-refractivity contribution in [3.05, 3.63) is 34.9 Å². The van der Waals surface area contributed by atoms with E-state index in [-0.39, 0.29) is 38.3 Å². The minimum absolute atomic E-state index is 0. The van der Waals surface area contributed by atoms with Crippen molar-refractivity contribution in [2.75, 3.05) is 7.05 Å². The summed E-state index contributed by atoms with van der Waals surface area (Å²) in [6.07, 6.45) is 1.87. The second kappa shape index (κ2) is 6.79. The van der Waals surface area contributed by atoms with Gasteiger partial charge in [-0.2, -0.15) is 0 Å². The summed E-state index contributed by atoms with van der Waals surface area (Å²) < 4.78 is 12.6. The Hall–Kier alpha value is -0.606. The maximum atomic E-state index is 12.6. The number of hydrogen-bond donors (Lipinski definition) is 0. The fourth-order valence-corrected chi connectivity index (χ4v) is 0.857. The Morgan fingerprint density at radius 1 is 1.50 bits per heavy atom. The van der Waals surface area contributed by atoms with Crippen LogP contribution in [0.25, 0.3) is 5.32 Å². The zero-order valence-electron chi connectivity index (χ0n) is 7.64. The van der Waals surface area contributed by atoms with Crippen molar-refractivity contribution in [2.45, 2.75) is 0 Å². The van der Waals surface area contributed by atoms with Crippen LogP contribution in [-0.2, 0) is 32.7 Å². The van der Waals surface area contributed by atoms with Gasteiger partial charge < -0.3 is 10.3 Å². The van der Waals surface area contributed by atoms with E-state index in [9.17, 15) is 9.18 Å². The molecule has 0 aliphatic carbocycles. The van der Waals surface area contributed by atoms with Gasteiger partial charge in [0.15, 0.2) is 0 Å². The molecule has 0 spiro atoms. The molecule has 14 heavy (non-hydrogen) atoms. The molecule has 0 heterocycles. The van der Waals surface area contributed by atoms with Gasteiger partial charge in [0.1, 0.15) is 12.1 Å². The molecule has 71 valence electrons. The third-order valence-corrected chi connectivity index (χ3v) is 1.43. The second-order valence-electron chi connectivity index (χ2n) is 2.32. The first-order valence-electron chi connectivity index (χ1n) is 3.64. The van der Waals surface area contributed by atoms with Gasteiger partial charge in [0.2, 0.25) is 0 Å². The zero-order valence-corrected chi connectivity index (χ0v) is 10.5. The van der Waals surface area contributed by atoms with Gasteiger partial charge in [0.05, 0.1) is 0 Å². The summed E-state index contributed by atoms with van der Waals surface area (Å²) >= 11 is 0. The Labute approximate surface area is 107 Å². The predicted molar refractivity (Wildman–Crippen MR) is 49.2 cm³/mol. The van der Waals surface area contributed by atoms with Crippen LogP contribution < -0.4 is 0 Å². The molecule has 1 aromatic rings. The van der Waals surface area contributed by atoms with Gasteiger partial charge in [0.25, 0.3) is 0 Å². The number of rotatable bonds is 3. The van der Waals surface area contributed by atoms with E-state index in [4.69, 9.17) is 0 Å². The molecule has 1 rings (SSSR count). The molecule has 0 saturated heterocycles. The van der Waals surface area contributed by atoms with Crippen LogP contribution >= 0.6 is 0 Å². The Balaban J connectivity index is 0.00000169. The van der Waals surface area contributed by atoms with E-state index in [1.807, 2.05) is 0 Å². The minimum atomic E-state index is -0.450. The summed E-state index contributed by atoms with van der Waals surface area (Å²) in [7, 11) is 1.56. The van der Waals surface area contributed by atoms with Crippen LogP contribution in [0.4, 0.5) is 10.1 Å². The topological polar surface area (TPSA) is 43.5 Å². The minimum Gasteiger partial charge on any atom is -0.475 e. The van der Waals surface area contributed by atoms with Crippen LogP contribution in [0.1, 0.15) is 10.4 Å². The first-order chi connectivity index (χ1) is 6.27. The molecule has 5 heteroatoms. The quantitative estimate of drug-likeness (QED) is 0.471. The van der Waals surface area contributed by atoms with Gasteiger partial charge in [-0.25, -0.2) is 4.39 Å². The fraction of sp³-hybridized carbons (Fsp3) is 0.111. The van der Waals surface area contributed by atoms with Crippen molar-refractivity contribution in [2.24, 2.45) is 4.99 Å². The largest absolute Gasteiger partial charge is 0.475 e. The van der Waals surface area contributed by atoms with Gasteiger partial charge in [-0.1, -0.05) is 13.1 Å². The smallest absolute Gasteiger partial charge is 0.150 e. The van der Waals surface area contributed by atoms with Crippen LogP contribution in [0.2, 0.25) is 0 Å². The molecule has 1 aromatic carbocycles. The van der Waals surface area contributed by atoms with Crippen molar-refractivity contribution in [3.63, 3.8) is 0 Å². The van der Waals surface area contributed by atoms with Crippen LogP contribution in [0, 0.1) is 5.82 Å². The van der Waals surface area contributed by atoms with Crippen molar-refractivity contribution in [1.29, 1.82) is 0 Å². The van der Waals surface area contributed by atoms with Gasteiger partial charge in [0, 0.05) is 38.3 Å². The molecule has 0 saturated carbocycles. The van der Waals surface area contributed by atoms with E-state index < -0.39 is 5.82 Å². The normalized spacial score (nSPS) is 9.57. The summed E-state index contributed by atoms with van der Waals surface area (Å²) in [4.78, 5) is 14.3. The number of hydrogen-bond acceptors (Lipinski definition) is 2. The summed E-state index contributed by atoms with van der Waals surface area (Å²) in [5, 5.41) is 3.63. The van der Waals surface area contributed by atoms with Gasteiger partial charge in [-0.15, -0.1) is 6.34 Å². The molecule has 0 atom stereocenters. The number of carbonyl (C=O) groups is 1. The molecule has 0 bridgehead atoms. The number of aliphatic imine (C=N–C) groups is 1. The molecule has 0 aromatic heterocycles. The molecule has 0 unspecified atom stereocenters. The molecular weight excluding hydrogens is 260 g/mol. The first-order valence-corrected chi connectivity index (χ1v) is 3.64. The van der Waals surface area contributed by atoms with Gasteiger partial charge in [-0.05, 0) is 17.8 Å². The third kappa shape index (κ3) is 3.64. The summed E-state index contributed by atoms with van der Waals surface area (Å²) in [6, 6.07) is 3.81. The van der Waals surface area contributed by atoms with E-state index in [1.54, 1.807) is 7.05 Å². The van der Waals surface area contributed by atoms with Gasteiger partial charge >= 0.3 is 0 Å². The van der Waals surface area contributed by atoms with Crippen LogP contribution in [0.5, 0.6) is 0 Å². The van der Waals surface area contributed by atoms with Crippen LogP contribution in [0.3, 0.4) is 0 Å². The van der Waals surface area contributed by atoms with E-state index in [1.165, 1.54) is 18.5 Å². The number of carbonyl (C=O) groups excluding carboxylic acids is 1. The van der Waals surface area contributed by atoms with E-state index in [2.05, 4.69) is 10.3 Å². The van der Waals surface area contributed by atoms with Crippen molar-refractivity contribution < 1.29 is 41.9 Å². The maximum absolute atomic E-state index is 12.6. The number of halogens is 1. The Kier molecular flexibility index (Phi) is 6.50. The molecular formula is C9H8FN2OY-. The zero-order chi connectivity index (χ0) is 9.68. The molecule has 0 aliphatic heterocycles. The van der Waals surface area contributed by atoms with E-state index in [0.717, 1.165) is 6.07 Å². The summed E-state index contributed by atoms with van der Waals surface area (Å²) in [6.45, 7) is 0. The van der Waals surface area contributed by atoms with Crippen LogP contribution in [0.15, 0.2) is 23.2 Å². The third-order valence-electron chi connectivity index (χ3n) is 1.43. The molecule has 0 N–H and O–H groups in total. The SMILES string of the molecule is C[N-]C=Nc1ccc(F)cc1C=O.[Y].